The summed E-state index contributed by atoms with van der Waals surface area (Å²) in [5, 5.41) is 20.1. The summed E-state index contributed by atoms with van der Waals surface area (Å²) in [6, 6.07) is 11.7. The fourth-order valence-electron chi connectivity index (χ4n) is 5.33. The minimum atomic E-state index is -0.308. The molecule has 1 fully saturated rings. The molecule has 1 aliphatic rings. The van der Waals surface area contributed by atoms with Crippen LogP contribution in [0.4, 0.5) is 0 Å². The van der Waals surface area contributed by atoms with Crippen LogP contribution in [0.1, 0.15) is 94.3 Å². The minimum Gasteiger partial charge on any atom is -0.507 e. The van der Waals surface area contributed by atoms with E-state index in [2.05, 4.69) is 6.92 Å². The van der Waals surface area contributed by atoms with Gasteiger partial charge in [0.2, 0.25) is 0 Å². The number of rotatable bonds is 10. The summed E-state index contributed by atoms with van der Waals surface area (Å²) in [7, 11) is 1.65. The molecule has 0 amide bonds. The van der Waals surface area contributed by atoms with Crippen molar-refractivity contribution in [2.45, 2.75) is 78.1 Å². The van der Waals surface area contributed by atoms with Gasteiger partial charge < -0.3 is 19.5 Å². The number of ether oxygens (including phenoxy) is 2. The van der Waals surface area contributed by atoms with Crippen LogP contribution >= 0.6 is 17.0 Å². The third kappa shape index (κ3) is 7.85. The van der Waals surface area contributed by atoms with Gasteiger partial charge in [-0.05, 0) is 53.0 Å². The molecule has 0 aliphatic carbocycles. The number of hydrogen-bond acceptors (Lipinski definition) is 5. The smallest absolute Gasteiger partial charge is 0.182 e. The van der Waals surface area contributed by atoms with Gasteiger partial charge in [-0.15, -0.1) is 17.0 Å². The number of methoxy groups -OCH3 is 1. The van der Waals surface area contributed by atoms with Crippen molar-refractivity contribution in [3.05, 3.63) is 58.7 Å². The molecule has 2 atom stereocenters. The first kappa shape index (κ1) is 32.8. The van der Waals surface area contributed by atoms with Crippen molar-refractivity contribution in [1.82, 2.24) is 4.90 Å². The predicted molar refractivity (Wildman–Crippen MR) is 164 cm³/mol. The van der Waals surface area contributed by atoms with E-state index in [-0.39, 0.29) is 57.7 Å². The summed E-state index contributed by atoms with van der Waals surface area (Å²) in [5.74, 6) is 1.75. The first-order valence-electron chi connectivity index (χ1n) is 13.7. The zero-order valence-electron chi connectivity index (χ0n) is 24.9. The topological polar surface area (TPSA) is 82.9 Å². The van der Waals surface area contributed by atoms with E-state index >= 15 is 0 Å². The summed E-state index contributed by atoms with van der Waals surface area (Å²) >= 11 is 0. The van der Waals surface area contributed by atoms with Gasteiger partial charge in [-0.3, -0.25) is 10.2 Å². The molecule has 0 unspecified atom stereocenters. The third-order valence-electron chi connectivity index (χ3n) is 7.40. The van der Waals surface area contributed by atoms with E-state index in [0.29, 0.717) is 31.2 Å². The van der Waals surface area contributed by atoms with Crippen molar-refractivity contribution < 1.29 is 19.4 Å². The Morgan fingerprint density at radius 1 is 1.03 bits per heavy atom. The predicted octanol–water partition coefficient (Wildman–Crippen LogP) is 7.27. The maximum Gasteiger partial charge on any atom is 0.182 e. The number of halogens is 1. The Kier molecular flexibility index (Phi) is 11.2. The molecule has 216 valence electrons. The molecule has 2 aromatic carbocycles. The molecule has 39 heavy (non-hydrogen) atoms. The Bertz CT molecular complexity index is 1100. The number of phenols is 1. The first-order chi connectivity index (χ1) is 17.8. The number of amidine groups is 1. The summed E-state index contributed by atoms with van der Waals surface area (Å²) in [5.41, 5.74) is 2.61. The lowest BCUT2D eigenvalue weighted by atomic mass is 9.78. The molecule has 0 saturated carbocycles. The normalized spacial score (nSPS) is 17.7. The molecule has 7 heteroatoms. The van der Waals surface area contributed by atoms with E-state index in [1.165, 1.54) is 0 Å². The van der Waals surface area contributed by atoms with Crippen LogP contribution in [0.3, 0.4) is 0 Å². The Morgan fingerprint density at radius 2 is 1.59 bits per heavy atom. The number of Topliss-reactive ketones (excluding diaryl/α,β-unsaturated/α-hetero) is 1. The molecule has 0 radical (unpaired) electrons. The molecule has 1 saturated heterocycles. The molecule has 0 spiro atoms. The standard InChI is InChI=1S/C32H46N2O4.BrH/c1-9-10-22-19-34(30(33)28(22)21-11-13-24(14-12-21)38-16-15-37-8)20-27(35)23-17-25(31(2,3)4)29(36)26(18-23)32(5,6)7;/h11-14,17-18,22,28,33,36H,9-10,15-16,19-20H2,1-8H3;1H/t22-,28+;/m0./s1. The van der Waals surface area contributed by atoms with Crippen LogP contribution in [0.5, 0.6) is 11.5 Å². The van der Waals surface area contributed by atoms with Gasteiger partial charge in [0.15, 0.2) is 5.78 Å². The highest BCUT2D eigenvalue weighted by molar-refractivity contribution is 8.93. The first-order valence-corrected chi connectivity index (χ1v) is 13.7. The van der Waals surface area contributed by atoms with Crippen LogP contribution < -0.4 is 4.74 Å². The lowest BCUT2D eigenvalue weighted by molar-refractivity contribution is 0.0963. The van der Waals surface area contributed by atoms with E-state index in [9.17, 15) is 9.90 Å². The molecule has 6 nitrogen and oxygen atoms in total. The number of aromatic hydroxyl groups is 1. The van der Waals surface area contributed by atoms with Crippen LogP contribution in [-0.4, -0.2) is 55.0 Å². The van der Waals surface area contributed by atoms with Gasteiger partial charge in [0.25, 0.3) is 0 Å². The molecule has 1 heterocycles. The van der Waals surface area contributed by atoms with Crippen LogP contribution in [0.25, 0.3) is 0 Å². The quantitative estimate of drug-likeness (QED) is 0.221. The van der Waals surface area contributed by atoms with Gasteiger partial charge in [-0.1, -0.05) is 67.0 Å². The van der Waals surface area contributed by atoms with E-state index in [4.69, 9.17) is 14.9 Å². The number of carbonyl (C=O) groups is 1. The molecule has 0 aromatic heterocycles. The number of hydrogen-bond donors (Lipinski definition) is 2. The summed E-state index contributed by atoms with van der Waals surface area (Å²) in [4.78, 5) is 15.6. The summed E-state index contributed by atoms with van der Waals surface area (Å²) in [6.45, 7) is 16.3. The van der Waals surface area contributed by atoms with Crippen molar-refractivity contribution in [3.8, 4) is 11.5 Å². The highest BCUT2D eigenvalue weighted by atomic mass is 79.9. The van der Waals surface area contributed by atoms with Crippen LogP contribution in [0.15, 0.2) is 36.4 Å². The van der Waals surface area contributed by atoms with Gasteiger partial charge in [-0.2, -0.15) is 0 Å². The zero-order chi connectivity index (χ0) is 28.3. The van der Waals surface area contributed by atoms with E-state index in [0.717, 1.165) is 35.3 Å². The van der Waals surface area contributed by atoms with E-state index in [1.54, 1.807) is 7.11 Å². The fraction of sp³-hybridized carbons (Fsp3) is 0.562. The minimum absolute atomic E-state index is 0. The maximum atomic E-state index is 13.6. The average molecular weight is 604 g/mol. The van der Waals surface area contributed by atoms with Gasteiger partial charge in [0.05, 0.1) is 13.2 Å². The van der Waals surface area contributed by atoms with Crippen molar-refractivity contribution in [3.63, 3.8) is 0 Å². The number of ketones is 1. The Labute approximate surface area is 245 Å². The molecule has 2 aromatic rings. The highest BCUT2D eigenvalue weighted by Gasteiger charge is 2.39. The van der Waals surface area contributed by atoms with Gasteiger partial charge >= 0.3 is 0 Å². The Hall–Kier alpha value is -2.38. The Balaban J connectivity index is 0.00000533. The molecule has 3 rings (SSSR count). The molecular formula is C32H47BrN2O4. The van der Waals surface area contributed by atoms with Crippen LogP contribution in [0, 0.1) is 11.3 Å². The highest BCUT2D eigenvalue weighted by Crippen LogP contribution is 2.41. The van der Waals surface area contributed by atoms with Crippen molar-refractivity contribution in [1.29, 1.82) is 5.41 Å². The lowest BCUT2D eigenvalue weighted by Gasteiger charge is -2.28. The number of likely N-dealkylation sites (tertiary alicyclic amines) is 1. The number of nitrogens with zero attached hydrogens (tertiary/aromatic N) is 1. The van der Waals surface area contributed by atoms with Gasteiger partial charge in [-0.25, -0.2) is 0 Å². The van der Waals surface area contributed by atoms with Gasteiger partial charge in [0.1, 0.15) is 23.9 Å². The summed E-state index contributed by atoms with van der Waals surface area (Å²) in [6.07, 6.45) is 2.02. The third-order valence-corrected chi connectivity index (χ3v) is 7.40. The van der Waals surface area contributed by atoms with Crippen LogP contribution in [-0.2, 0) is 15.6 Å². The van der Waals surface area contributed by atoms with E-state index < -0.39 is 0 Å². The molecule has 1 aliphatic heterocycles. The molecule has 2 N–H and O–H groups in total. The van der Waals surface area contributed by atoms with Crippen molar-refractivity contribution in [2.24, 2.45) is 5.92 Å². The number of carbonyl (C=O) groups excluding carboxylic acids is 1. The molecule has 0 bridgehead atoms. The largest absolute Gasteiger partial charge is 0.507 e. The second-order valence-corrected chi connectivity index (χ2v) is 12.5. The average Bonchev–Trinajstić information content (AvgIpc) is 3.13. The maximum absolute atomic E-state index is 13.6. The van der Waals surface area contributed by atoms with E-state index in [1.807, 2.05) is 82.8 Å². The second kappa shape index (κ2) is 13.3. The SMILES string of the molecule is Br.CCC[C@H]1CN(CC(=O)c2cc(C(C)(C)C)c(O)c(C(C)(C)C)c2)C(=N)[C@@H]1c1ccc(OCCOC)cc1. The zero-order valence-corrected chi connectivity index (χ0v) is 26.6. The van der Waals surface area contributed by atoms with Crippen LogP contribution in [0.2, 0.25) is 0 Å². The van der Waals surface area contributed by atoms with Crippen molar-refractivity contribution >= 4 is 28.6 Å². The molecular weight excluding hydrogens is 556 g/mol. The summed E-state index contributed by atoms with van der Waals surface area (Å²) < 4.78 is 10.8. The lowest BCUT2D eigenvalue weighted by Crippen LogP contribution is -2.32. The monoisotopic (exact) mass is 602 g/mol. The Morgan fingerprint density at radius 3 is 2.08 bits per heavy atom. The number of phenolic OH excluding ortho intramolecular Hbond substituents is 1. The van der Waals surface area contributed by atoms with Crippen molar-refractivity contribution in [2.75, 3.05) is 33.4 Å². The van der Waals surface area contributed by atoms with Gasteiger partial charge in [0, 0.05) is 36.3 Å². The number of benzene rings is 2. The second-order valence-electron chi connectivity index (χ2n) is 12.5. The fourth-order valence-corrected chi connectivity index (χ4v) is 5.33. The number of nitrogens with one attached hydrogen (secondary N) is 1.